The van der Waals surface area contributed by atoms with Crippen molar-refractivity contribution in [2.24, 2.45) is 5.41 Å². The van der Waals surface area contributed by atoms with E-state index in [9.17, 15) is 8.78 Å². The predicted octanol–water partition coefficient (Wildman–Crippen LogP) is 2.15. The standard InChI is InChI=1S/C11H13F2NO/c12-9-2-1-8(5-10(9)13)14-6-11(7-15)3-4-11/h1-2,5,14-15H,3-4,6-7H2. The van der Waals surface area contributed by atoms with E-state index in [2.05, 4.69) is 5.32 Å². The van der Waals surface area contributed by atoms with Gasteiger partial charge in [0.25, 0.3) is 0 Å². The molecule has 0 aliphatic heterocycles. The van der Waals surface area contributed by atoms with E-state index in [1.165, 1.54) is 6.07 Å². The molecule has 0 spiro atoms. The summed E-state index contributed by atoms with van der Waals surface area (Å²) in [6.07, 6.45) is 1.97. The minimum absolute atomic E-state index is 0.0368. The van der Waals surface area contributed by atoms with Crippen LogP contribution in [0.1, 0.15) is 12.8 Å². The number of nitrogens with one attached hydrogen (secondary N) is 1. The van der Waals surface area contributed by atoms with Crippen LogP contribution in [-0.4, -0.2) is 18.3 Å². The second-order valence-electron chi connectivity index (χ2n) is 4.14. The van der Waals surface area contributed by atoms with E-state index in [4.69, 9.17) is 5.11 Å². The van der Waals surface area contributed by atoms with E-state index in [-0.39, 0.29) is 12.0 Å². The van der Waals surface area contributed by atoms with Gasteiger partial charge >= 0.3 is 0 Å². The molecule has 0 bridgehead atoms. The summed E-state index contributed by atoms with van der Waals surface area (Å²) in [5, 5.41) is 12.1. The number of benzene rings is 1. The number of hydrogen-bond acceptors (Lipinski definition) is 2. The molecule has 15 heavy (non-hydrogen) atoms. The predicted molar refractivity (Wildman–Crippen MR) is 53.6 cm³/mol. The van der Waals surface area contributed by atoms with Gasteiger partial charge in [-0.1, -0.05) is 0 Å². The van der Waals surface area contributed by atoms with Crippen molar-refractivity contribution in [3.63, 3.8) is 0 Å². The molecule has 0 radical (unpaired) electrons. The molecule has 1 aromatic carbocycles. The van der Waals surface area contributed by atoms with Gasteiger partial charge in [-0.05, 0) is 31.0 Å². The lowest BCUT2D eigenvalue weighted by Gasteiger charge is -2.13. The van der Waals surface area contributed by atoms with Gasteiger partial charge in [-0.15, -0.1) is 0 Å². The van der Waals surface area contributed by atoms with Crippen LogP contribution in [0.2, 0.25) is 0 Å². The molecular formula is C11H13F2NO. The van der Waals surface area contributed by atoms with Crippen molar-refractivity contribution in [1.82, 2.24) is 0 Å². The zero-order valence-corrected chi connectivity index (χ0v) is 8.26. The molecule has 0 aromatic heterocycles. The van der Waals surface area contributed by atoms with Gasteiger partial charge < -0.3 is 10.4 Å². The highest BCUT2D eigenvalue weighted by Gasteiger charge is 2.41. The molecule has 0 saturated heterocycles. The Balaban J connectivity index is 1.96. The van der Waals surface area contributed by atoms with Crippen LogP contribution in [-0.2, 0) is 0 Å². The average molecular weight is 213 g/mol. The fraction of sp³-hybridized carbons (Fsp3) is 0.455. The van der Waals surface area contributed by atoms with Gasteiger partial charge in [0.15, 0.2) is 11.6 Å². The van der Waals surface area contributed by atoms with Crippen LogP contribution in [0, 0.1) is 17.0 Å². The Morgan fingerprint density at radius 2 is 2.00 bits per heavy atom. The normalized spacial score (nSPS) is 17.5. The molecule has 1 aromatic rings. The van der Waals surface area contributed by atoms with Crippen LogP contribution < -0.4 is 5.32 Å². The number of hydrogen-bond donors (Lipinski definition) is 2. The van der Waals surface area contributed by atoms with Crippen LogP contribution in [0.4, 0.5) is 14.5 Å². The van der Waals surface area contributed by atoms with E-state index in [1.807, 2.05) is 0 Å². The summed E-state index contributed by atoms with van der Waals surface area (Å²) in [5.41, 5.74) is 0.513. The molecular weight excluding hydrogens is 200 g/mol. The first kappa shape index (κ1) is 10.4. The van der Waals surface area contributed by atoms with Crippen LogP contribution in [0.15, 0.2) is 18.2 Å². The highest BCUT2D eigenvalue weighted by molar-refractivity contribution is 5.43. The largest absolute Gasteiger partial charge is 0.396 e. The van der Waals surface area contributed by atoms with Gasteiger partial charge in [0.05, 0.1) is 6.61 Å². The van der Waals surface area contributed by atoms with Crippen molar-refractivity contribution in [2.75, 3.05) is 18.5 Å². The highest BCUT2D eigenvalue weighted by Crippen LogP contribution is 2.44. The SMILES string of the molecule is OCC1(CNc2ccc(F)c(F)c2)CC1. The van der Waals surface area contributed by atoms with Crippen molar-refractivity contribution in [3.05, 3.63) is 29.8 Å². The third-order valence-corrected chi connectivity index (χ3v) is 2.88. The average Bonchev–Trinajstić information content (AvgIpc) is 3.01. The van der Waals surface area contributed by atoms with Gasteiger partial charge in [0, 0.05) is 17.6 Å². The molecule has 0 amide bonds. The molecule has 2 nitrogen and oxygen atoms in total. The minimum Gasteiger partial charge on any atom is -0.396 e. The minimum atomic E-state index is -0.853. The molecule has 82 valence electrons. The third kappa shape index (κ3) is 2.26. The second kappa shape index (κ2) is 3.77. The maximum absolute atomic E-state index is 12.8. The van der Waals surface area contributed by atoms with E-state index in [0.717, 1.165) is 25.0 Å². The van der Waals surface area contributed by atoms with Crippen LogP contribution in [0.5, 0.6) is 0 Å². The van der Waals surface area contributed by atoms with E-state index >= 15 is 0 Å². The van der Waals surface area contributed by atoms with Gasteiger partial charge in [-0.25, -0.2) is 8.78 Å². The Morgan fingerprint density at radius 3 is 2.53 bits per heavy atom. The summed E-state index contributed by atoms with van der Waals surface area (Å²) in [4.78, 5) is 0. The Bertz CT molecular complexity index is 364. The maximum atomic E-state index is 12.8. The highest BCUT2D eigenvalue weighted by atomic mass is 19.2. The Kier molecular flexibility index (Phi) is 2.61. The number of aliphatic hydroxyl groups excluding tert-OH is 1. The molecule has 4 heteroatoms. The van der Waals surface area contributed by atoms with E-state index in [1.54, 1.807) is 0 Å². The van der Waals surface area contributed by atoms with Crippen molar-refractivity contribution in [1.29, 1.82) is 0 Å². The molecule has 1 saturated carbocycles. The van der Waals surface area contributed by atoms with Crippen LogP contribution >= 0.6 is 0 Å². The summed E-state index contributed by atoms with van der Waals surface area (Å²) in [7, 11) is 0. The Morgan fingerprint density at radius 1 is 1.27 bits per heavy atom. The topological polar surface area (TPSA) is 32.3 Å². The van der Waals surface area contributed by atoms with E-state index in [0.29, 0.717) is 12.2 Å². The summed E-state index contributed by atoms with van der Waals surface area (Å²) in [5.74, 6) is -1.70. The van der Waals surface area contributed by atoms with Gasteiger partial charge in [0.2, 0.25) is 0 Å². The Hall–Kier alpha value is -1.16. The zero-order valence-electron chi connectivity index (χ0n) is 8.26. The molecule has 2 rings (SSSR count). The number of anilines is 1. The second-order valence-corrected chi connectivity index (χ2v) is 4.14. The molecule has 0 heterocycles. The molecule has 1 aliphatic rings. The molecule has 2 N–H and O–H groups in total. The van der Waals surface area contributed by atoms with Crippen molar-refractivity contribution in [2.45, 2.75) is 12.8 Å². The summed E-state index contributed by atoms with van der Waals surface area (Å²) < 4.78 is 25.4. The molecule has 1 aliphatic carbocycles. The fourth-order valence-corrected chi connectivity index (χ4v) is 1.46. The fourth-order valence-electron chi connectivity index (χ4n) is 1.46. The van der Waals surface area contributed by atoms with Crippen molar-refractivity contribution in [3.8, 4) is 0 Å². The molecule has 0 atom stereocenters. The number of aliphatic hydroxyl groups is 1. The smallest absolute Gasteiger partial charge is 0.160 e. The van der Waals surface area contributed by atoms with Gasteiger partial charge in [-0.2, -0.15) is 0 Å². The lowest BCUT2D eigenvalue weighted by molar-refractivity contribution is 0.220. The van der Waals surface area contributed by atoms with Crippen LogP contribution in [0.3, 0.4) is 0 Å². The van der Waals surface area contributed by atoms with E-state index < -0.39 is 11.6 Å². The van der Waals surface area contributed by atoms with Crippen LogP contribution in [0.25, 0.3) is 0 Å². The first-order chi connectivity index (χ1) is 7.15. The quantitative estimate of drug-likeness (QED) is 0.803. The van der Waals surface area contributed by atoms with Crippen molar-refractivity contribution < 1.29 is 13.9 Å². The van der Waals surface area contributed by atoms with Crippen molar-refractivity contribution >= 4 is 5.69 Å². The van der Waals surface area contributed by atoms with Gasteiger partial charge in [0.1, 0.15) is 0 Å². The molecule has 1 fully saturated rings. The van der Waals surface area contributed by atoms with Gasteiger partial charge in [-0.3, -0.25) is 0 Å². The summed E-state index contributed by atoms with van der Waals surface area (Å²) >= 11 is 0. The maximum Gasteiger partial charge on any atom is 0.160 e. The number of halogens is 2. The summed E-state index contributed by atoms with van der Waals surface area (Å²) in [6.45, 7) is 0.748. The first-order valence-electron chi connectivity index (χ1n) is 4.95. The summed E-state index contributed by atoms with van der Waals surface area (Å²) in [6, 6.07) is 3.71. The Labute approximate surface area is 86.9 Å². The zero-order chi connectivity index (χ0) is 10.9. The monoisotopic (exact) mass is 213 g/mol. The number of rotatable bonds is 4. The molecule has 0 unspecified atom stereocenters. The first-order valence-corrected chi connectivity index (χ1v) is 4.95. The third-order valence-electron chi connectivity index (χ3n) is 2.88. The lowest BCUT2D eigenvalue weighted by atomic mass is 10.1. The lowest BCUT2D eigenvalue weighted by Crippen LogP contribution is -2.19.